The van der Waals surface area contributed by atoms with Crippen LogP contribution in [0.1, 0.15) is 38.6 Å². The molecule has 2 heterocycles. The lowest BCUT2D eigenvalue weighted by Gasteiger charge is -2.11. The Bertz CT molecular complexity index is 563. The Balaban J connectivity index is 1.77. The second kappa shape index (κ2) is 6.21. The second-order valence-electron chi connectivity index (χ2n) is 4.85. The topological polar surface area (TPSA) is 68.5 Å². The zero-order valence-electron chi connectivity index (χ0n) is 11.5. The molecular weight excluding hydrogens is 272 g/mol. The van der Waals surface area contributed by atoms with Crippen LogP contribution >= 0.6 is 11.8 Å². The highest BCUT2D eigenvalue weighted by Gasteiger charge is 2.21. The van der Waals surface area contributed by atoms with Crippen LogP contribution in [0.4, 0.5) is 5.82 Å². The molecule has 106 valence electrons. The first kappa shape index (κ1) is 13.4. The Labute approximate surface area is 122 Å². The molecule has 0 radical (unpaired) electrons. The Kier molecular flexibility index (Phi) is 4.15. The molecule has 0 saturated heterocycles. The Hall–Kier alpha value is -1.63. The number of nitrogens with one attached hydrogen (secondary N) is 1. The summed E-state index contributed by atoms with van der Waals surface area (Å²) in [6, 6.07) is 4.48. The lowest BCUT2D eigenvalue weighted by molar-refractivity contribution is 0.423. The van der Waals surface area contributed by atoms with E-state index in [1.165, 1.54) is 25.7 Å². The van der Waals surface area contributed by atoms with E-state index in [0.29, 0.717) is 6.04 Å². The number of tetrazole rings is 1. The molecule has 20 heavy (non-hydrogen) atoms. The van der Waals surface area contributed by atoms with E-state index in [1.807, 2.05) is 23.0 Å². The van der Waals surface area contributed by atoms with Crippen molar-refractivity contribution in [2.45, 2.75) is 48.7 Å². The first-order valence-corrected chi connectivity index (χ1v) is 7.84. The minimum absolute atomic E-state index is 0.461. The van der Waals surface area contributed by atoms with E-state index in [0.717, 1.165) is 22.4 Å². The van der Waals surface area contributed by atoms with Gasteiger partial charge in [-0.15, -0.1) is 5.10 Å². The van der Waals surface area contributed by atoms with Gasteiger partial charge in [0.15, 0.2) is 0 Å². The van der Waals surface area contributed by atoms with Crippen LogP contribution in [0.2, 0.25) is 0 Å². The molecule has 1 N–H and O–H groups in total. The van der Waals surface area contributed by atoms with Crippen molar-refractivity contribution in [2.24, 2.45) is 0 Å². The maximum Gasteiger partial charge on any atom is 0.214 e. The van der Waals surface area contributed by atoms with Gasteiger partial charge in [0.1, 0.15) is 5.82 Å². The lowest BCUT2D eigenvalue weighted by Crippen LogP contribution is -2.08. The fraction of sp³-hybridized carbons (Fsp3) is 0.538. The summed E-state index contributed by atoms with van der Waals surface area (Å²) in [4.78, 5) is 5.38. The molecule has 0 spiro atoms. The summed E-state index contributed by atoms with van der Waals surface area (Å²) >= 11 is 1.59. The molecule has 6 nitrogen and oxygen atoms in total. The fourth-order valence-corrected chi connectivity index (χ4v) is 3.36. The summed E-state index contributed by atoms with van der Waals surface area (Å²) < 4.78 is 1.98. The van der Waals surface area contributed by atoms with Gasteiger partial charge in [-0.3, -0.25) is 0 Å². The van der Waals surface area contributed by atoms with Gasteiger partial charge in [-0.1, -0.05) is 12.8 Å². The second-order valence-corrected chi connectivity index (χ2v) is 5.89. The highest BCUT2D eigenvalue weighted by atomic mass is 32.2. The summed E-state index contributed by atoms with van der Waals surface area (Å²) in [5.41, 5.74) is 0. The highest BCUT2D eigenvalue weighted by Crippen LogP contribution is 2.33. The van der Waals surface area contributed by atoms with E-state index >= 15 is 0 Å². The fourth-order valence-electron chi connectivity index (χ4n) is 2.49. The summed E-state index contributed by atoms with van der Waals surface area (Å²) in [5, 5.41) is 16.2. The average molecular weight is 290 g/mol. The van der Waals surface area contributed by atoms with Crippen molar-refractivity contribution in [3.05, 3.63) is 18.3 Å². The third-order valence-electron chi connectivity index (χ3n) is 3.43. The molecule has 2 aromatic rings. The summed E-state index contributed by atoms with van der Waals surface area (Å²) in [6.45, 7) is 2.92. The zero-order chi connectivity index (χ0) is 13.8. The van der Waals surface area contributed by atoms with Crippen LogP contribution in [0.25, 0.3) is 0 Å². The summed E-state index contributed by atoms with van der Waals surface area (Å²) in [7, 11) is 0. The first-order valence-electron chi connectivity index (χ1n) is 7.02. The average Bonchev–Trinajstić information content (AvgIpc) is 3.10. The van der Waals surface area contributed by atoms with Gasteiger partial charge in [0.05, 0.1) is 6.04 Å². The van der Waals surface area contributed by atoms with Gasteiger partial charge in [-0.2, -0.15) is 0 Å². The van der Waals surface area contributed by atoms with Crippen molar-refractivity contribution < 1.29 is 0 Å². The van der Waals surface area contributed by atoms with Gasteiger partial charge >= 0.3 is 0 Å². The van der Waals surface area contributed by atoms with Gasteiger partial charge in [-0.25, -0.2) is 9.67 Å². The lowest BCUT2D eigenvalue weighted by atomic mass is 10.3. The van der Waals surface area contributed by atoms with Crippen LogP contribution in [-0.4, -0.2) is 31.7 Å². The van der Waals surface area contributed by atoms with Gasteiger partial charge < -0.3 is 5.32 Å². The van der Waals surface area contributed by atoms with Gasteiger partial charge in [0.25, 0.3) is 0 Å². The number of rotatable bonds is 5. The maximum atomic E-state index is 4.28. The van der Waals surface area contributed by atoms with Crippen LogP contribution in [0.5, 0.6) is 0 Å². The number of pyridine rings is 1. The van der Waals surface area contributed by atoms with Gasteiger partial charge in [0.2, 0.25) is 5.16 Å². The first-order chi connectivity index (χ1) is 9.86. The van der Waals surface area contributed by atoms with Gasteiger partial charge in [0, 0.05) is 17.6 Å². The number of nitrogens with zero attached hydrogens (tertiary/aromatic N) is 5. The summed E-state index contributed by atoms with van der Waals surface area (Å²) in [6.07, 6.45) is 6.71. The molecule has 0 bridgehead atoms. The Morgan fingerprint density at radius 3 is 3.05 bits per heavy atom. The molecule has 1 aliphatic rings. The van der Waals surface area contributed by atoms with Crippen molar-refractivity contribution in [3.63, 3.8) is 0 Å². The molecular formula is C13H18N6S. The SMILES string of the molecule is CCNc1cc(Sc2nnnn2C2CCCC2)ccn1. The van der Waals surface area contributed by atoms with Crippen molar-refractivity contribution >= 4 is 17.6 Å². The molecule has 0 aromatic carbocycles. The molecule has 0 aliphatic heterocycles. The van der Waals surface area contributed by atoms with Crippen LogP contribution < -0.4 is 5.32 Å². The molecule has 1 saturated carbocycles. The van der Waals surface area contributed by atoms with E-state index in [-0.39, 0.29) is 0 Å². The third-order valence-corrected chi connectivity index (χ3v) is 4.37. The summed E-state index contributed by atoms with van der Waals surface area (Å²) in [5.74, 6) is 0.886. The van der Waals surface area contributed by atoms with E-state index in [4.69, 9.17) is 0 Å². The maximum absolute atomic E-state index is 4.28. The Morgan fingerprint density at radius 1 is 1.40 bits per heavy atom. The molecule has 1 aliphatic carbocycles. The molecule has 1 fully saturated rings. The predicted molar refractivity (Wildman–Crippen MR) is 77.8 cm³/mol. The smallest absolute Gasteiger partial charge is 0.214 e. The van der Waals surface area contributed by atoms with Crippen molar-refractivity contribution in [2.75, 3.05) is 11.9 Å². The molecule has 2 aromatic heterocycles. The van der Waals surface area contributed by atoms with E-state index < -0.39 is 0 Å². The molecule has 0 unspecified atom stereocenters. The predicted octanol–water partition coefficient (Wildman–Crippen LogP) is 2.77. The van der Waals surface area contributed by atoms with E-state index in [9.17, 15) is 0 Å². The van der Waals surface area contributed by atoms with Gasteiger partial charge in [-0.05, 0) is 54.1 Å². The molecule has 0 amide bonds. The number of hydrogen-bond acceptors (Lipinski definition) is 6. The van der Waals surface area contributed by atoms with E-state index in [1.54, 1.807) is 11.8 Å². The zero-order valence-corrected chi connectivity index (χ0v) is 12.3. The number of aromatic nitrogens is 5. The van der Waals surface area contributed by atoms with E-state index in [2.05, 4.69) is 32.7 Å². The normalized spacial score (nSPS) is 15.7. The number of anilines is 1. The van der Waals surface area contributed by atoms with Crippen molar-refractivity contribution in [1.29, 1.82) is 0 Å². The molecule has 7 heteroatoms. The monoisotopic (exact) mass is 290 g/mol. The quantitative estimate of drug-likeness (QED) is 0.913. The minimum Gasteiger partial charge on any atom is -0.370 e. The third kappa shape index (κ3) is 2.92. The number of hydrogen-bond donors (Lipinski definition) is 1. The van der Waals surface area contributed by atoms with Crippen molar-refractivity contribution in [3.8, 4) is 0 Å². The molecule has 0 atom stereocenters. The minimum atomic E-state index is 0.461. The van der Waals surface area contributed by atoms with Crippen LogP contribution in [0.15, 0.2) is 28.4 Å². The largest absolute Gasteiger partial charge is 0.370 e. The van der Waals surface area contributed by atoms with Crippen LogP contribution in [0, 0.1) is 0 Å². The van der Waals surface area contributed by atoms with Crippen LogP contribution in [0.3, 0.4) is 0 Å². The van der Waals surface area contributed by atoms with Crippen LogP contribution in [-0.2, 0) is 0 Å². The molecule has 3 rings (SSSR count). The van der Waals surface area contributed by atoms with Crippen molar-refractivity contribution in [1.82, 2.24) is 25.2 Å². The Morgan fingerprint density at radius 2 is 2.25 bits per heavy atom. The highest BCUT2D eigenvalue weighted by molar-refractivity contribution is 7.99. The standard InChI is InChI=1S/C13H18N6S/c1-2-14-12-9-11(7-8-15-12)20-13-16-17-18-19(13)10-5-3-4-6-10/h7-10H,2-6H2,1H3,(H,14,15).